The van der Waals surface area contributed by atoms with Crippen molar-refractivity contribution in [1.29, 1.82) is 0 Å². The first kappa shape index (κ1) is 14.4. The van der Waals surface area contributed by atoms with E-state index in [0.29, 0.717) is 12.3 Å². The van der Waals surface area contributed by atoms with Crippen LogP contribution in [0.15, 0.2) is 48.5 Å². The predicted octanol–water partition coefficient (Wildman–Crippen LogP) is 5.42. The summed E-state index contributed by atoms with van der Waals surface area (Å²) >= 11 is 4.56. The van der Waals surface area contributed by atoms with Crippen molar-refractivity contribution in [3.8, 4) is 0 Å². The maximum absolute atomic E-state index is 12.1. The van der Waals surface area contributed by atoms with Gasteiger partial charge in [0.25, 0.3) is 0 Å². The monoisotopic (exact) mass is 481 g/mol. The van der Waals surface area contributed by atoms with E-state index in [9.17, 15) is 4.57 Å². The number of rotatable bonds is 4. The van der Waals surface area contributed by atoms with E-state index in [0.717, 1.165) is 11.1 Å². The fraction of sp³-hybridized carbons (Fsp3) is 0.143. The Labute approximate surface area is 135 Å². The van der Waals surface area contributed by atoms with Gasteiger partial charge in [-0.25, -0.2) is 0 Å². The molecule has 0 aromatic heterocycles. The lowest BCUT2D eigenvalue weighted by Gasteiger charge is -1.96. The summed E-state index contributed by atoms with van der Waals surface area (Å²) in [5.41, 5.74) is 2.31. The van der Waals surface area contributed by atoms with Crippen LogP contribution >= 0.6 is 53.0 Å². The van der Waals surface area contributed by atoms with Crippen molar-refractivity contribution in [2.45, 2.75) is 12.3 Å². The molecule has 0 saturated carbocycles. The molecule has 0 fully saturated rings. The SMILES string of the molecule is O=[P+](Cc1ccc(I)cc1)Cc1ccc(I)cc1. The summed E-state index contributed by atoms with van der Waals surface area (Å²) in [6.45, 7) is 0. The fourth-order valence-electron chi connectivity index (χ4n) is 1.64. The standard InChI is InChI=1S/C14H12I2OP/c15-13-5-1-11(2-6-13)9-18(17)10-12-3-7-14(16)8-4-12/h1-8H,9-10H2/q+1. The van der Waals surface area contributed by atoms with Gasteiger partial charge in [0.05, 0.1) is 0 Å². The Balaban J connectivity index is 1.96. The third-order valence-corrected chi connectivity index (χ3v) is 5.42. The Hall–Kier alpha value is -0.000000000000000111. The van der Waals surface area contributed by atoms with Crippen LogP contribution < -0.4 is 0 Å². The minimum Gasteiger partial charge on any atom is -0.0740 e. The second kappa shape index (κ2) is 6.96. The maximum atomic E-state index is 12.1. The van der Waals surface area contributed by atoms with Gasteiger partial charge in [0, 0.05) is 7.14 Å². The van der Waals surface area contributed by atoms with Gasteiger partial charge in [-0.1, -0.05) is 28.8 Å². The van der Waals surface area contributed by atoms with Gasteiger partial charge in [-0.2, -0.15) is 0 Å². The van der Waals surface area contributed by atoms with Crippen molar-refractivity contribution >= 4 is 53.0 Å². The second-order valence-electron chi connectivity index (χ2n) is 4.05. The lowest BCUT2D eigenvalue weighted by atomic mass is 10.2. The molecule has 0 aliphatic carbocycles. The lowest BCUT2D eigenvalue weighted by molar-refractivity contribution is 0.586. The number of benzene rings is 2. The lowest BCUT2D eigenvalue weighted by Crippen LogP contribution is -1.85. The molecule has 92 valence electrons. The molecule has 0 amide bonds. The van der Waals surface area contributed by atoms with Crippen molar-refractivity contribution in [2.75, 3.05) is 0 Å². The van der Waals surface area contributed by atoms with Gasteiger partial charge in [0.1, 0.15) is 0 Å². The van der Waals surface area contributed by atoms with Gasteiger partial charge in [-0.15, -0.1) is 0 Å². The highest BCUT2D eigenvalue weighted by Crippen LogP contribution is 2.31. The number of hydrogen-bond donors (Lipinski definition) is 0. The second-order valence-corrected chi connectivity index (χ2v) is 8.14. The summed E-state index contributed by atoms with van der Waals surface area (Å²) in [5, 5.41) is 0. The van der Waals surface area contributed by atoms with Crippen molar-refractivity contribution in [1.82, 2.24) is 0 Å². The van der Waals surface area contributed by atoms with Crippen molar-refractivity contribution in [3.63, 3.8) is 0 Å². The van der Waals surface area contributed by atoms with Gasteiger partial charge >= 0.3 is 7.80 Å². The molecule has 0 N–H and O–H groups in total. The molecule has 0 saturated heterocycles. The Morgan fingerprint density at radius 1 is 0.722 bits per heavy atom. The molecule has 0 heterocycles. The average molecular weight is 481 g/mol. The molecule has 1 nitrogen and oxygen atoms in total. The molecule has 4 heteroatoms. The van der Waals surface area contributed by atoms with E-state index in [4.69, 9.17) is 0 Å². The first-order chi connectivity index (χ1) is 8.63. The van der Waals surface area contributed by atoms with Gasteiger partial charge in [-0.05, 0) is 80.6 Å². The molecule has 2 aromatic carbocycles. The van der Waals surface area contributed by atoms with Crippen LogP contribution in [0.25, 0.3) is 0 Å². The molecule has 0 radical (unpaired) electrons. The summed E-state index contributed by atoms with van der Waals surface area (Å²) in [5.74, 6) is 0. The minimum absolute atomic E-state index is 0.665. The number of halogens is 2. The van der Waals surface area contributed by atoms with Gasteiger partial charge in [0.15, 0.2) is 12.3 Å². The van der Waals surface area contributed by atoms with Gasteiger partial charge in [0.2, 0.25) is 0 Å². The first-order valence-electron chi connectivity index (χ1n) is 5.54. The van der Waals surface area contributed by atoms with Crippen LogP contribution in [0.4, 0.5) is 0 Å². The topological polar surface area (TPSA) is 17.1 Å². The maximum Gasteiger partial charge on any atom is 0.348 e. The van der Waals surface area contributed by atoms with Crippen LogP contribution in [0.5, 0.6) is 0 Å². The molecule has 2 aromatic rings. The molecule has 0 bridgehead atoms. The molecule has 2 rings (SSSR count). The molecule has 0 unspecified atom stereocenters. The van der Waals surface area contributed by atoms with Crippen molar-refractivity contribution in [3.05, 3.63) is 66.8 Å². The molecule has 0 atom stereocenters. The molecular weight excluding hydrogens is 469 g/mol. The van der Waals surface area contributed by atoms with E-state index in [2.05, 4.69) is 93.7 Å². The highest BCUT2D eigenvalue weighted by Gasteiger charge is 2.16. The van der Waals surface area contributed by atoms with Crippen LogP contribution in [0.1, 0.15) is 11.1 Å². The summed E-state index contributed by atoms with van der Waals surface area (Å²) in [6, 6.07) is 16.5. The zero-order valence-electron chi connectivity index (χ0n) is 9.64. The average Bonchev–Trinajstić information content (AvgIpc) is 2.35. The zero-order valence-corrected chi connectivity index (χ0v) is 14.9. The van der Waals surface area contributed by atoms with Crippen molar-refractivity contribution < 1.29 is 4.57 Å². The molecule has 0 spiro atoms. The number of hydrogen-bond acceptors (Lipinski definition) is 1. The van der Waals surface area contributed by atoms with E-state index in [1.54, 1.807) is 0 Å². The Morgan fingerprint density at radius 3 is 1.39 bits per heavy atom. The summed E-state index contributed by atoms with van der Waals surface area (Å²) in [6.07, 6.45) is 1.33. The Morgan fingerprint density at radius 2 is 1.06 bits per heavy atom. The third kappa shape index (κ3) is 4.59. The minimum atomic E-state index is -1.21. The van der Waals surface area contributed by atoms with Crippen LogP contribution in [0.3, 0.4) is 0 Å². The summed E-state index contributed by atoms with van der Waals surface area (Å²) < 4.78 is 14.5. The van der Waals surface area contributed by atoms with E-state index in [1.165, 1.54) is 7.14 Å². The highest BCUT2D eigenvalue weighted by atomic mass is 127. The summed E-state index contributed by atoms with van der Waals surface area (Å²) in [7, 11) is -1.21. The largest absolute Gasteiger partial charge is 0.348 e. The zero-order chi connectivity index (χ0) is 13.0. The quantitative estimate of drug-likeness (QED) is 0.421. The Bertz CT molecular complexity index is 485. The molecule has 0 aliphatic rings. The van der Waals surface area contributed by atoms with Gasteiger partial charge < -0.3 is 0 Å². The Kier molecular flexibility index (Phi) is 5.57. The van der Waals surface area contributed by atoms with E-state index in [1.807, 2.05) is 0 Å². The predicted molar refractivity (Wildman–Crippen MR) is 93.3 cm³/mol. The first-order valence-corrected chi connectivity index (χ1v) is 9.33. The van der Waals surface area contributed by atoms with Crippen LogP contribution in [-0.4, -0.2) is 0 Å². The van der Waals surface area contributed by atoms with Crippen LogP contribution in [0.2, 0.25) is 0 Å². The van der Waals surface area contributed by atoms with Gasteiger partial charge in [-0.3, -0.25) is 0 Å². The fourth-order valence-corrected chi connectivity index (χ4v) is 3.71. The third-order valence-electron chi connectivity index (χ3n) is 2.54. The van der Waals surface area contributed by atoms with Crippen molar-refractivity contribution in [2.24, 2.45) is 0 Å². The molecule has 18 heavy (non-hydrogen) atoms. The smallest absolute Gasteiger partial charge is 0.0740 e. The van der Waals surface area contributed by atoms with E-state index in [-0.39, 0.29) is 0 Å². The summed E-state index contributed by atoms with van der Waals surface area (Å²) in [4.78, 5) is 0. The van der Waals surface area contributed by atoms with E-state index < -0.39 is 7.80 Å². The van der Waals surface area contributed by atoms with Crippen LogP contribution in [0, 0.1) is 7.14 Å². The normalized spacial score (nSPS) is 10.3. The molecular formula is C14H12I2OP+. The van der Waals surface area contributed by atoms with E-state index >= 15 is 0 Å². The van der Waals surface area contributed by atoms with Crippen LogP contribution in [-0.2, 0) is 16.9 Å². The highest BCUT2D eigenvalue weighted by molar-refractivity contribution is 14.1. The molecule has 0 aliphatic heterocycles.